The van der Waals surface area contributed by atoms with E-state index in [0.717, 1.165) is 22.5 Å². The van der Waals surface area contributed by atoms with E-state index >= 15 is 0 Å². The molecule has 0 aliphatic carbocycles. The molecule has 2 rings (SSSR count). The van der Waals surface area contributed by atoms with Crippen LogP contribution >= 0.6 is 0 Å². The second-order valence-electron chi connectivity index (χ2n) is 4.67. The van der Waals surface area contributed by atoms with Crippen LogP contribution in [0, 0.1) is 13.8 Å². The number of anilines is 2. The van der Waals surface area contributed by atoms with Crippen LogP contribution in [0.1, 0.15) is 11.1 Å². The number of aryl methyl sites for hydroxylation is 2. The van der Waals surface area contributed by atoms with Gasteiger partial charge in [0, 0.05) is 11.4 Å². The number of carbonyl (C=O) groups excluding carboxylic acids is 1. The zero-order valence-electron chi connectivity index (χ0n) is 11.6. The summed E-state index contributed by atoms with van der Waals surface area (Å²) in [6.07, 6.45) is 0. The number of nitrogens with one attached hydrogen (secondary N) is 1. The van der Waals surface area contributed by atoms with Crippen LogP contribution in [0.15, 0.2) is 42.5 Å². The molecule has 4 nitrogen and oxygen atoms in total. The molecule has 0 aromatic heterocycles. The largest absolute Gasteiger partial charge is 0.484 e. The molecule has 0 atom stereocenters. The molecule has 0 aliphatic rings. The summed E-state index contributed by atoms with van der Waals surface area (Å²) in [4.78, 5) is 11.9. The Morgan fingerprint density at radius 2 is 1.85 bits per heavy atom. The number of benzene rings is 2. The Morgan fingerprint density at radius 1 is 1.15 bits per heavy atom. The first kappa shape index (κ1) is 13.9. The molecule has 1 amide bonds. The normalized spacial score (nSPS) is 10.1. The fourth-order valence-electron chi connectivity index (χ4n) is 1.83. The molecule has 104 valence electrons. The Bertz CT molecular complexity index is 609. The monoisotopic (exact) mass is 270 g/mol. The summed E-state index contributed by atoms with van der Waals surface area (Å²) in [7, 11) is 0. The smallest absolute Gasteiger partial charge is 0.262 e. The zero-order chi connectivity index (χ0) is 14.5. The van der Waals surface area contributed by atoms with E-state index in [1.54, 1.807) is 0 Å². The quantitative estimate of drug-likeness (QED) is 0.840. The number of carbonyl (C=O) groups is 1. The lowest BCUT2D eigenvalue weighted by atomic mass is 10.1. The number of para-hydroxylation sites is 1. The van der Waals surface area contributed by atoms with Gasteiger partial charge < -0.3 is 15.8 Å². The molecule has 20 heavy (non-hydrogen) atoms. The number of ether oxygens (including phenoxy) is 1. The van der Waals surface area contributed by atoms with Gasteiger partial charge in [-0.3, -0.25) is 4.79 Å². The summed E-state index contributed by atoms with van der Waals surface area (Å²) in [6.45, 7) is 3.79. The third-order valence-corrected chi connectivity index (χ3v) is 3.00. The summed E-state index contributed by atoms with van der Waals surface area (Å²) in [5.41, 5.74) is 9.17. The number of rotatable bonds is 4. The lowest BCUT2D eigenvalue weighted by Crippen LogP contribution is -2.20. The molecular formula is C16H18N2O2. The fraction of sp³-hybridized carbons (Fsp3) is 0.188. The highest BCUT2D eigenvalue weighted by molar-refractivity contribution is 5.93. The van der Waals surface area contributed by atoms with Gasteiger partial charge in [-0.15, -0.1) is 0 Å². The Kier molecular flexibility index (Phi) is 4.25. The van der Waals surface area contributed by atoms with Crippen molar-refractivity contribution in [2.24, 2.45) is 0 Å². The van der Waals surface area contributed by atoms with Crippen molar-refractivity contribution in [3.8, 4) is 5.75 Å². The number of nitrogens with two attached hydrogens (primary N) is 1. The zero-order valence-corrected chi connectivity index (χ0v) is 11.6. The molecule has 3 N–H and O–H groups in total. The molecule has 4 heteroatoms. The van der Waals surface area contributed by atoms with Crippen molar-refractivity contribution in [2.45, 2.75) is 13.8 Å². The van der Waals surface area contributed by atoms with E-state index in [4.69, 9.17) is 10.5 Å². The standard InChI is InChI=1S/C16H18N2O2/c1-11-9-15(12(2)8-14(11)17)18-16(19)10-20-13-6-4-3-5-7-13/h3-9H,10,17H2,1-2H3,(H,18,19). The second kappa shape index (κ2) is 6.10. The first-order valence-electron chi connectivity index (χ1n) is 6.40. The van der Waals surface area contributed by atoms with E-state index in [0.29, 0.717) is 5.75 Å². The number of hydrogen-bond donors (Lipinski definition) is 2. The van der Waals surface area contributed by atoms with Crippen molar-refractivity contribution >= 4 is 17.3 Å². The summed E-state index contributed by atoms with van der Waals surface area (Å²) in [5.74, 6) is 0.481. The van der Waals surface area contributed by atoms with Crippen LogP contribution in [0.25, 0.3) is 0 Å². The second-order valence-corrected chi connectivity index (χ2v) is 4.67. The highest BCUT2D eigenvalue weighted by Crippen LogP contribution is 2.22. The van der Waals surface area contributed by atoms with Gasteiger partial charge in [0.15, 0.2) is 6.61 Å². The van der Waals surface area contributed by atoms with Gasteiger partial charge >= 0.3 is 0 Å². The fourth-order valence-corrected chi connectivity index (χ4v) is 1.83. The van der Waals surface area contributed by atoms with Crippen molar-refractivity contribution in [1.82, 2.24) is 0 Å². The van der Waals surface area contributed by atoms with Gasteiger partial charge in [-0.1, -0.05) is 18.2 Å². The molecule has 0 heterocycles. The lowest BCUT2D eigenvalue weighted by molar-refractivity contribution is -0.118. The molecule has 0 fully saturated rings. The van der Waals surface area contributed by atoms with Gasteiger partial charge in [0.05, 0.1) is 0 Å². The highest BCUT2D eigenvalue weighted by Gasteiger charge is 2.07. The van der Waals surface area contributed by atoms with Crippen LogP contribution in [0.5, 0.6) is 5.75 Å². The minimum Gasteiger partial charge on any atom is -0.484 e. The van der Waals surface area contributed by atoms with Crippen molar-refractivity contribution in [1.29, 1.82) is 0 Å². The van der Waals surface area contributed by atoms with Crippen LogP contribution in [0.3, 0.4) is 0 Å². The van der Waals surface area contributed by atoms with E-state index in [1.165, 1.54) is 0 Å². The van der Waals surface area contributed by atoms with Crippen LogP contribution in [0.2, 0.25) is 0 Å². The maximum absolute atomic E-state index is 11.9. The summed E-state index contributed by atoms with van der Waals surface area (Å²) in [6, 6.07) is 13.0. The molecule has 0 spiro atoms. The minimum absolute atomic E-state index is 0.0210. The Hall–Kier alpha value is -2.49. The Morgan fingerprint density at radius 3 is 2.55 bits per heavy atom. The van der Waals surface area contributed by atoms with Gasteiger partial charge in [-0.05, 0) is 49.2 Å². The molecule has 0 radical (unpaired) electrons. The van der Waals surface area contributed by atoms with Crippen LogP contribution in [-0.4, -0.2) is 12.5 Å². The van der Waals surface area contributed by atoms with Gasteiger partial charge in [0.25, 0.3) is 5.91 Å². The first-order chi connectivity index (χ1) is 9.56. The maximum Gasteiger partial charge on any atom is 0.262 e. The van der Waals surface area contributed by atoms with Gasteiger partial charge in [0.2, 0.25) is 0 Å². The average Bonchev–Trinajstić information content (AvgIpc) is 2.44. The molecule has 2 aromatic rings. The number of nitrogen functional groups attached to an aromatic ring is 1. The molecule has 0 saturated carbocycles. The van der Waals surface area contributed by atoms with Crippen LogP contribution in [0.4, 0.5) is 11.4 Å². The predicted octanol–water partition coefficient (Wildman–Crippen LogP) is 2.90. The molecule has 0 aliphatic heterocycles. The lowest BCUT2D eigenvalue weighted by Gasteiger charge is -2.11. The van der Waals surface area contributed by atoms with Crippen molar-refractivity contribution in [2.75, 3.05) is 17.7 Å². The summed E-state index contributed by atoms with van der Waals surface area (Å²) < 4.78 is 5.40. The number of hydrogen-bond acceptors (Lipinski definition) is 3. The maximum atomic E-state index is 11.9. The molecule has 0 bridgehead atoms. The highest BCUT2D eigenvalue weighted by atomic mass is 16.5. The molecule has 0 saturated heterocycles. The van der Waals surface area contributed by atoms with Gasteiger partial charge in [-0.2, -0.15) is 0 Å². The van der Waals surface area contributed by atoms with Crippen molar-refractivity contribution in [3.63, 3.8) is 0 Å². The third-order valence-electron chi connectivity index (χ3n) is 3.00. The van der Waals surface area contributed by atoms with Gasteiger partial charge in [-0.25, -0.2) is 0 Å². The number of amides is 1. The predicted molar refractivity (Wildman–Crippen MR) is 80.9 cm³/mol. The average molecular weight is 270 g/mol. The van der Waals surface area contributed by atoms with E-state index < -0.39 is 0 Å². The SMILES string of the molecule is Cc1cc(NC(=O)COc2ccccc2)c(C)cc1N. The van der Waals surface area contributed by atoms with Crippen molar-refractivity contribution < 1.29 is 9.53 Å². The minimum atomic E-state index is -0.193. The van der Waals surface area contributed by atoms with E-state index in [-0.39, 0.29) is 12.5 Å². The third kappa shape index (κ3) is 3.51. The van der Waals surface area contributed by atoms with Gasteiger partial charge in [0.1, 0.15) is 5.75 Å². The van der Waals surface area contributed by atoms with E-state index in [1.807, 2.05) is 56.3 Å². The summed E-state index contributed by atoms with van der Waals surface area (Å²) in [5, 5.41) is 2.83. The molecule has 2 aromatic carbocycles. The van der Waals surface area contributed by atoms with E-state index in [9.17, 15) is 4.79 Å². The topological polar surface area (TPSA) is 64.3 Å². The Balaban J connectivity index is 1.97. The van der Waals surface area contributed by atoms with Crippen molar-refractivity contribution in [3.05, 3.63) is 53.6 Å². The summed E-state index contributed by atoms with van der Waals surface area (Å²) >= 11 is 0. The van der Waals surface area contributed by atoms with Crippen LogP contribution < -0.4 is 15.8 Å². The van der Waals surface area contributed by atoms with E-state index in [2.05, 4.69) is 5.32 Å². The van der Waals surface area contributed by atoms with Crippen LogP contribution in [-0.2, 0) is 4.79 Å². The molecule has 0 unspecified atom stereocenters. The molecular weight excluding hydrogens is 252 g/mol. The Labute approximate surface area is 118 Å². The first-order valence-corrected chi connectivity index (χ1v) is 6.40.